The Kier molecular flexibility index (Phi) is 4.09. The van der Waals surface area contributed by atoms with E-state index in [2.05, 4.69) is 0 Å². The molecule has 0 spiro atoms. The highest BCUT2D eigenvalue weighted by atomic mass is 16.5. The minimum Gasteiger partial charge on any atom is -0.497 e. The van der Waals surface area contributed by atoms with Gasteiger partial charge in [-0.05, 0) is 44.4 Å². The first kappa shape index (κ1) is 15.3. The summed E-state index contributed by atoms with van der Waals surface area (Å²) in [6, 6.07) is 7.40. The van der Waals surface area contributed by atoms with Gasteiger partial charge in [-0.2, -0.15) is 0 Å². The Bertz CT molecular complexity index is 469. The quantitative estimate of drug-likeness (QED) is 0.788. The van der Waals surface area contributed by atoms with Crippen LogP contribution in [0, 0.1) is 5.92 Å². The van der Waals surface area contributed by atoms with Crippen LogP contribution in [0.15, 0.2) is 24.3 Å². The number of rotatable bonds is 3. The minimum absolute atomic E-state index is 0.106. The number of aliphatic hydroxyl groups excluding tert-OH is 1. The van der Waals surface area contributed by atoms with Gasteiger partial charge in [-0.25, -0.2) is 0 Å². The van der Waals surface area contributed by atoms with E-state index in [1.807, 2.05) is 38.1 Å². The second-order valence-corrected chi connectivity index (χ2v) is 6.47. The predicted octanol–water partition coefficient (Wildman–Crippen LogP) is 1.78. The maximum Gasteiger partial charge on any atom is 0.119 e. The molecule has 4 N–H and O–H groups in total. The summed E-state index contributed by atoms with van der Waals surface area (Å²) in [4.78, 5) is 0. The van der Waals surface area contributed by atoms with Crippen LogP contribution in [0.2, 0.25) is 0 Å². The smallest absolute Gasteiger partial charge is 0.119 e. The Balaban J connectivity index is 2.45. The van der Waals surface area contributed by atoms with Crippen molar-refractivity contribution in [3.8, 4) is 5.75 Å². The summed E-state index contributed by atoms with van der Waals surface area (Å²) in [5.74, 6) is 0.593. The maximum atomic E-state index is 11.2. The molecule has 1 aromatic rings. The zero-order valence-electron chi connectivity index (χ0n) is 12.5. The van der Waals surface area contributed by atoms with Gasteiger partial charge < -0.3 is 20.7 Å². The van der Waals surface area contributed by atoms with Crippen molar-refractivity contribution in [2.45, 2.75) is 50.4 Å². The maximum absolute atomic E-state index is 11.2. The van der Waals surface area contributed by atoms with Crippen LogP contribution in [0.3, 0.4) is 0 Å². The Morgan fingerprint density at radius 3 is 2.65 bits per heavy atom. The SMILES string of the molecule is COc1cccc([C@]2(O)C[C@@H](O)CC[C@H]2C(C)(C)N)c1. The largest absolute Gasteiger partial charge is 0.497 e. The molecule has 0 amide bonds. The number of ether oxygens (including phenoxy) is 1. The van der Waals surface area contributed by atoms with Gasteiger partial charge in [-0.15, -0.1) is 0 Å². The number of hydrogen-bond donors (Lipinski definition) is 3. The molecular weight excluding hydrogens is 254 g/mol. The molecule has 2 rings (SSSR count). The van der Waals surface area contributed by atoms with Crippen molar-refractivity contribution < 1.29 is 14.9 Å². The lowest BCUT2D eigenvalue weighted by Gasteiger charge is -2.48. The highest BCUT2D eigenvalue weighted by molar-refractivity contribution is 5.34. The van der Waals surface area contributed by atoms with Gasteiger partial charge in [0.15, 0.2) is 0 Å². The average molecular weight is 279 g/mol. The molecule has 0 aliphatic heterocycles. The fourth-order valence-electron chi connectivity index (χ4n) is 3.40. The summed E-state index contributed by atoms with van der Waals surface area (Å²) in [6.45, 7) is 3.86. The molecule has 0 saturated heterocycles. The topological polar surface area (TPSA) is 75.7 Å². The molecule has 0 bridgehead atoms. The fraction of sp³-hybridized carbons (Fsp3) is 0.625. The van der Waals surface area contributed by atoms with E-state index in [4.69, 9.17) is 10.5 Å². The molecule has 1 aliphatic carbocycles. The van der Waals surface area contributed by atoms with E-state index in [9.17, 15) is 10.2 Å². The van der Waals surface area contributed by atoms with Crippen molar-refractivity contribution in [3.05, 3.63) is 29.8 Å². The van der Waals surface area contributed by atoms with Crippen LogP contribution in [0.25, 0.3) is 0 Å². The summed E-state index contributed by atoms with van der Waals surface area (Å²) >= 11 is 0. The van der Waals surface area contributed by atoms with Gasteiger partial charge in [0.1, 0.15) is 5.75 Å². The molecule has 3 atom stereocenters. The molecule has 1 aliphatic rings. The molecule has 1 aromatic carbocycles. The average Bonchev–Trinajstić information content (AvgIpc) is 2.37. The van der Waals surface area contributed by atoms with E-state index < -0.39 is 17.2 Å². The Morgan fingerprint density at radius 1 is 1.35 bits per heavy atom. The molecule has 0 radical (unpaired) electrons. The van der Waals surface area contributed by atoms with E-state index in [0.717, 1.165) is 5.56 Å². The van der Waals surface area contributed by atoms with Crippen molar-refractivity contribution in [3.63, 3.8) is 0 Å². The molecule has 112 valence electrons. The van der Waals surface area contributed by atoms with E-state index in [1.54, 1.807) is 7.11 Å². The van der Waals surface area contributed by atoms with Gasteiger partial charge in [0.25, 0.3) is 0 Å². The van der Waals surface area contributed by atoms with Crippen molar-refractivity contribution in [1.82, 2.24) is 0 Å². The lowest BCUT2D eigenvalue weighted by atomic mass is 9.64. The molecular formula is C16H25NO3. The van der Waals surface area contributed by atoms with Crippen molar-refractivity contribution in [2.24, 2.45) is 11.7 Å². The zero-order valence-corrected chi connectivity index (χ0v) is 12.5. The van der Waals surface area contributed by atoms with E-state index in [0.29, 0.717) is 25.0 Å². The second-order valence-electron chi connectivity index (χ2n) is 6.47. The summed E-state index contributed by atoms with van der Waals surface area (Å²) in [6.07, 6.45) is 1.20. The van der Waals surface area contributed by atoms with Gasteiger partial charge in [0.2, 0.25) is 0 Å². The van der Waals surface area contributed by atoms with Crippen molar-refractivity contribution in [1.29, 1.82) is 0 Å². The lowest BCUT2D eigenvalue weighted by molar-refractivity contribution is -0.113. The number of hydrogen-bond acceptors (Lipinski definition) is 4. The van der Waals surface area contributed by atoms with Crippen LogP contribution >= 0.6 is 0 Å². The summed E-state index contributed by atoms with van der Waals surface area (Å²) in [5, 5.41) is 21.2. The summed E-state index contributed by atoms with van der Waals surface area (Å²) in [5.41, 5.74) is 5.39. The summed E-state index contributed by atoms with van der Waals surface area (Å²) in [7, 11) is 1.60. The standard InChI is InChI=1S/C16H25NO3/c1-15(2,17)14-8-7-12(18)10-16(14,19)11-5-4-6-13(9-11)20-3/h4-6,9,12,14,18-19H,7-8,10,17H2,1-3H3/t12-,14-,16+/m0/s1. The molecule has 1 saturated carbocycles. The summed E-state index contributed by atoms with van der Waals surface area (Å²) < 4.78 is 5.23. The number of methoxy groups -OCH3 is 1. The molecule has 20 heavy (non-hydrogen) atoms. The van der Waals surface area contributed by atoms with Crippen molar-refractivity contribution >= 4 is 0 Å². The highest BCUT2D eigenvalue weighted by Crippen LogP contribution is 2.46. The van der Waals surface area contributed by atoms with Crippen LogP contribution in [-0.4, -0.2) is 29.0 Å². The van der Waals surface area contributed by atoms with Crippen LogP contribution in [0.4, 0.5) is 0 Å². The minimum atomic E-state index is -1.12. The van der Waals surface area contributed by atoms with Crippen molar-refractivity contribution in [2.75, 3.05) is 7.11 Å². The van der Waals surface area contributed by atoms with E-state index in [-0.39, 0.29) is 5.92 Å². The third kappa shape index (κ3) is 2.82. The lowest BCUT2D eigenvalue weighted by Crippen LogP contribution is -2.55. The highest BCUT2D eigenvalue weighted by Gasteiger charge is 2.48. The van der Waals surface area contributed by atoms with Gasteiger partial charge in [0, 0.05) is 17.9 Å². The normalized spacial score (nSPS) is 31.1. The van der Waals surface area contributed by atoms with Crippen LogP contribution < -0.4 is 10.5 Å². The first-order valence-electron chi connectivity index (χ1n) is 7.11. The monoisotopic (exact) mass is 279 g/mol. The van der Waals surface area contributed by atoms with Crippen LogP contribution in [-0.2, 0) is 5.60 Å². The first-order chi connectivity index (χ1) is 9.27. The number of benzene rings is 1. The van der Waals surface area contributed by atoms with Gasteiger partial charge >= 0.3 is 0 Å². The third-order valence-electron chi connectivity index (χ3n) is 4.38. The Labute approximate surface area is 120 Å². The third-order valence-corrected chi connectivity index (χ3v) is 4.38. The fourth-order valence-corrected chi connectivity index (χ4v) is 3.40. The molecule has 0 unspecified atom stereocenters. The van der Waals surface area contributed by atoms with Gasteiger partial charge in [-0.3, -0.25) is 0 Å². The Morgan fingerprint density at radius 2 is 2.05 bits per heavy atom. The molecule has 0 aromatic heterocycles. The molecule has 4 heteroatoms. The second kappa shape index (κ2) is 5.35. The molecule has 1 fully saturated rings. The number of aliphatic hydroxyl groups is 2. The van der Waals surface area contributed by atoms with E-state index >= 15 is 0 Å². The van der Waals surface area contributed by atoms with Crippen LogP contribution in [0.1, 0.15) is 38.7 Å². The molecule has 4 nitrogen and oxygen atoms in total. The van der Waals surface area contributed by atoms with Gasteiger partial charge in [-0.1, -0.05) is 12.1 Å². The predicted molar refractivity (Wildman–Crippen MR) is 78.5 cm³/mol. The Hall–Kier alpha value is -1.10. The zero-order chi connectivity index (χ0) is 15.0. The van der Waals surface area contributed by atoms with E-state index in [1.165, 1.54) is 0 Å². The van der Waals surface area contributed by atoms with Gasteiger partial charge in [0.05, 0.1) is 18.8 Å². The van der Waals surface area contributed by atoms with Crippen LogP contribution in [0.5, 0.6) is 5.75 Å². The first-order valence-corrected chi connectivity index (χ1v) is 7.11. The molecule has 0 heterocycles. The number of nitrogens with two attached hydrogens (primary N) is 1.